The van der Waals surface area contributed by atoms with E-state index in [0.29, 0.717) is 31.2 Å². The van der Waals surface area contributed by atoms with Gasteiger partial charge in [-0.15, -0.1) is 11.3 Å². The average molecular weight is 498 g/mol. The number of hydrogen-bond acceptors (Lipinski definition) is 7. The van der Waals surface area contributed by atoms with E-state index in [4.69, 9.17) is 9.15 Å². The maximum Gasteiger partial charge on any atom is 0.252 e. The highest BCUT2D eigenvalue weighted by Gasteiger charge is 2.27. The molecule has 1 saturated heterocycles. The summed E-state index contributed by atoms with van der Waals surface area (Å²) in [6.45, 7) is 1.59. The summed E-state index contributed by atoms with van der Waals surface area (Å²) in [5, 5.41) is 2.74. The molecule has 33 heavy (non-hydrogen) atoms. The zero-order valence-corrected chi connectivity index (χ0v) is 19.1. The summed E-state index contributed by atoms with van der Waals surface area (Å²) in [6, 6.07) is 6.36. The number of thiophene rings is 1. The number of nitrogens with one attached hydrogen (secondary N) is 1. The highest BCUT2D eigenvalue weighted by molar-refractivity contribution is 7.91. The number of amides is 1. The molecule has 8 nitrogen and oxygen atoms in total. The van der Waals surface area contributed by atoms with Crippen molar-refractivity contribution in [2.45, 2.75) is 23.6 Å². The Morgan fingerprint density at radius 1 is 1.18 bits per heavy atom. The number of carbonyl (C=O) groups excluding carboxylic acids is 1. The zero-order chi connectivity index (χ0) is 23.4. The zero-order valence-electron chi connectivity index (χ0n) is 17.4. The average Bonchev–Trinajstić information content (AvgIpc) is 3.47. The summed E-state index contributed by atoms with van der Waals surface area (Å²) in [4.78, 5) is 16.9. The summed E-state index contributed by atoms with van der Waals surface area (Å²) in [6.07, 6.45) is 1.59. The summed E-state index contributed by atoms with van der Waals surface area (Å²) >= 11 is 1.11. The second-order valence-corrected chi connectivity index (χ2v) is 10.6. The molecule has 0 aliphatic carbocycles. The molecule has 12 heteroatoms. The lowest BCUT2D eigenvalue weighted by Gasteiger charge is -2.25. The van der Waals surface area contributed by atoms with Crippen LogP contribution in [0.2, 0.25) is 0 Å². The Balaban J connectivity index is 1.28. The van der Waals surface area contributed by atoms with Crippen molar-refractivity contribution in [1.82, 2.24) is 14.6 Å². The van der Waals surface area contributed by atoms with Gasteiger partial charge in [0.2, 0.25) is 5.91 Å². The monoisotopic (exact) mass is 497 g/mol. The molecule has 0 atom stereocenters. The fourth-order valence-corrected chi connectivity index (χ4v) is 6.10. The van der Waals surface area contributed by atoms with Gasteiger partial charge in [-0.05, 0) is 24.3 Å². The van der Waals surface area contributed by atoms with E-state index in [1.165, 1.54) is 16.6 Å². The third-order valence-corrected chi connectivity index (χ3v) is 8.43. The first-order valence-electron chi connectivity index (χ1n) is 10.2. The van der Waals surface area contributed by atoms with Crippen LogP contribution in [-0.4, -0.2) is 49.9 Å². The van der Waals surface area contributed by atoms with E-state index in [9.17, 15) is 22.0 Å². The third kappa shape index (κ3) is 5.64. The van der Waals surface area contributed by atoms with Gasteiger partial charge in [-0.1, -0.05) is 0 Å². The van der Waals surface area contributed by atoms with Crippen LogP contribution in [-0.2, 0) is 32.5 Å². The van der Waals surface area contributed by atoms with E-state index >= 15 is 0 Å². The smallest absolute Gasteiger partial charge is 0.252 e. The van der Waals surface area contributed by atoms with E-state index < -0.39 is 21.7 Å². The molecule has 1 amide bonds. The van der Waals surface area contributed by atoms with E-state index in [1.807, 2.05) is 0 Å². The van der Waals surface area contributed by atoms with Crippen molar-refractivity contribution in [2.24, 2.45) is 0 Å². The van der Waals surface area contributed by atoms with Crippen molar-refractivity contribution in [2.75, 3.05) is 26.3 Å². The highest BCUT2D eigenvalue weighted by atomic mass is 32.2. The molecule has 0 bridgehead atoms. The number of aromatic nitrogens is 1. The van der Waals surface area contributed by atoms with Crippen LogP contribution in [0.3, 0.4) is 0 Å². The van der Waals surface area contributed by atoms with Crippen molar-refractivity contribution >= 4 is 27.3 Å². The Morgan fingerprint density at radius 3 is 2.73 bits per heavy atom. The van der Waals surface area contributed by atoms with Gasteiger partial charge >= 0.3 is 0 Å². The minimum atomic E-state index is -3.56. The molecule has 0 radical (unpaired) electrons. The molecule has 1 N–H and O–H groups in total. The van der Waals surface area contributed by atoms with Gasteiger partial charge in [-0.25, -0.2) is 22.2 Å². The number of halogens is 2. The van der Waals surface area contributed by atoms with Gasteiger partial charge in [0, 0.05) is 36.9 Å². The van der Waals surface area contributed by atoms with Gasteiger partial charge in [0.1, 0.15) is 15.8 Å². The molecule has 0 unspecified atom stereocenters. The first kappa shape index (κ1) is 23.5. The van der Waals surface area contributed by atoms with Crippen molar-refractivity contribution in [1.29, 1.82) is 0 Å². The molecular weight excluding hydrogens is 476 g/mol. The fourth-order valence-electron chi connectivity index (χ4n) is 3.24. The summed E-state index contributed by atoms with van der Waals surface area (Å²) in [7, 11) is -3.56. The number of nitrogens with zero attached hydrogens (tertiary/aromatic N) is 2. The Bertz CT molecular complexity index is 1240. The Kier molecular flexibility index (Phi) is 7.17. The van der Waals surface area contributed by atoms with Crippen LogP contribution >= 0.6 is 11.3 Å². The number of aryl methyl sites for hydroxylation is 1. The van der Waals surface area contributed by atoms with Gasteiger partial charge < -0.3 is 14.5 Å². The molecule has 1 fully saturated rings. The fraction of sp³-hybridized carbons (Fsp3) is 0.333. The molecule has 3 aromatic rings. The minimum Gasteiger partial charge on any atom is -0.441 e. The topological polar surface area (TPSA) is 102 Å². The van der Waals surface area contributed by atoms with Crippen molar-refractivity contribution in [3.63, 3.8) is 0 Å². The molecule has 1 aliphatic heterocycles. The highest BCUT2D eigenvalue weighted by Crippen LogP contribution is 2.26. The molecule has 4 rings (SSSR count). The molecular formula is C21H21F2N3O5S2. The summed E-state index contributed by atoms with van der Waals surface area (Å²) in [5.74, 6) is -1.33. The number of ether oxygens (including phenoxy) is 1. The molecule has 2 aromatic heterocycles. The number of benzene rings is 1. The Labute approximate surface area is 193 Å². The predicted molar refractivity (Wildman–Crippen MR) is 116 cm³/mol. The largest absolute Gasteiger partial charge is 0.441 e. The first-order chi connectivity index (χ1) is 15.8. The van der Waals surface area contributed by atoms with Crippen LogP contribution in [0.1, 0.15) is 17.2 Å². The number of morpholine rings is 1. The lowest BCUT2D eigenvalue weighted by Crippen LogP contribution is -2.40. The van der Waals surface area contributed by atoms with Crippen molar-refractivity contribution < 1.29 is 31.1 Å². The molecule has 0 spiro atoms. The Hall–Kier alpha value is -2.67. The van der Waals surface area contributed by atoms with Crippen LogP contribution in [0.15, 0.2) is 45.2 Å². The number of hydrogen-bond donors (Lipinski definition) is 1. The molecule has 176 valence electrons. The molecule has 0 saturated carbocycles. The van der Waals surface area contributed by atoms with Gasteiger partial charge in [0.15, 0.2) is 11.7 Å². The van der Waals surface area contributed by atoms with Crippen LogP contribution in [0.25, 0.3) is 11.3 Å². The summed E-state index contributed by atoms with van der Waals surface area (Å²) < 4.78 is 64.6. The maximum absolute atomic E-state index is 13.9. The number of carbonyl (C=O) groups is 1. The van der Waals surface area contributed by atoms with Gasteiger partial charge in [-0.3, -0.25) is 4.79 Å². The second-order valence-electron chi connectivity index (χ2n) is 7.26. The predicted octanol–water partition coefficient (Wildman–Crippen LogP) is 2.95. The SMILES string of the molecule is O=C(CCc1ncc(-c2ccc(F)cc2F)o1)NCc1ccc(S(=O)(=O)N2CCOCC2)s1. The van der Waals surface area contributed by atoms with Crippen molar-refractivity contribution in [3.05, 3.63) is 58.9 Å². The normalized spacial score (nSPS) is 15.0. The minimum absolute atomic E-state index is 0.0795. The van der Waals surface area contributed by atoms with Crippen LogP contribution < -0.4 is 5.32 Å². The first-order valence-corrected chi connectivity index (χ1v) is 12.4. The molecule has 1 aromatic carbocycles. The Morgan fingerprint density at radius 2 is 1.97 bits per heavy atom. The standard InChI is InChI=1S/C21H21F2N3O5S2/c22-14-1-3-16(17(23)11-14)18-13-25-20(31-18)5-4-19(27)24-12-15-2-6-21(32-15)33(28,29)26-7-9-30-10-8-26/h1-3,6,11,13H,4-5,7-10,12H2,(H,24,27). The van der Waals surface area contributed by atoms with E-state index in [2.05, 4.69) is 10.3 Å². The second kappa shape index (κ2) is 10.1. The van der Waals surface area contributed by atoms with Crippen molar-refractivity contribution in [3.8, 4) is 11.3 Å². The lowest BCUT2D eigenvalue weighted by molar-refractivity contribution is -0.121. The van der Waals surface area contributed by atoms with Crippen LogP contribution in [0.5, 0.6) is 0 Å². The van der Waals surface area contributed by atoms with E-state index in [0.717, 1.165) is 23.5 Å². The van der Waals surface area contributed by atoms with E-state index in [-0.39, 0.29) is 46.7 Å². The maximum atomic E-state index is 13.9. The van der Waals surface area contributed by atoms with Crippen LogP contribution in [0, 0.1) is 11.6 Å². The number of sulfonamides is 1. The van der Waals surface area contributed by atoms with Gasteiger partial charge in [0.25, 0.3) is 10.0 Å². The lowest BCUT2D eigenvalue weighted by atomic mass is 10.2. The van der Waals surface area contributed by atoms with Gasteiger partial charge in [-0.2, -0.15) is 4.31 Å². The van der Waals surface area contributed by atoms with Crippen LogP contribution in [0.4, 0.5) is 8.78 Å². The molecule has 1 aliphatic rings. The molecule has 3 heterocycles. The number of rotatable bonds is 8. The summed E-state index contributed by atoms with van der Waals surface area (Å²) in [5.41, 5.74) is 0.0835. The number of oxazole rings is 1. The quantitative estimate of drug-likeness (QED) is 0.514. The van der Waals surface area contributed by atoms with Gasteiger partial charge in [0.05, 0.1) is 31.5 Å². The van der Waals surface area contributed by atoms with E-state index in [1.54, 1.807) is 12.1 Å². The third-order valence-electron chi connectivity index (χ3n) is 4.98.